The summed E-state index contributed by atoms with van der Waals surface area (Å²) in [6.45, 7) is 1.79. The van der Waals surface area contributed by atoms with E-state index in [1.54, 1.807) is 43.6 Å². The zero-order valence-electron chi connectivity index (χ0n) is 13.0. The van der Waals surface area contributed by atoms with Crippen molar-refractivity contribution in [1.29, 1.82) is 0 Å². The standard InChI is InChI=1S/C16H17N5O2S/c1-16(23,14-3-2-10-24-14)11-17-15(22)20-12-4-6-13(7-5-12)21-18-8-9-19-21/h2-10,23H,11H2,1H3,(H2,17,20,22). The normalized spacial score (nSPS) is 13.2. The van der Waals surface area contributed by atoms with Gasteiger partial charge in [0.25, 0.3) is 0 Å². The van der Waals surface area contributed by atoms with Gasteiger partial charge in [-0.25, -0.2) is 4.79 Å². The number of hydrogen-bond donors (Lipinski definition) is 3. The van der Waals surface area contributed by atoms with E-state index in [0.717, 1.165) is 10.6 Å². The fraction of sp³-hybridized carbons (Fsp3) is 0.188. The molecule has 0 saturated carbocycles. The first kappa shape index (κ1) is 16.2. The fourth-order valence-electron chi connectivity index (χ4n) is 2.13. The van der Waals surface area contributed by atoms with E-state index in [0.29, 0.717) is 5.69 Å². The van der Waals surface area contributed by atoms with E-state index >= 15 is 0 Å². The summed E-state index contributed by atoms with van der Waals surface area (Å²) in [4.78, 5) is 14.3. The second kappa shape index (κ2) is 6.81. The lowest BCUT2D eigenvalue weighted by atomic mass is 10.1. The third-order valence-corrected chi connectivity index (χ3v) is 4.54. The van der Waals surface area contributed by atoms with Crippen molar-refractivity contribution in [3.8, 4) is 5.69 Å². The van der Waals surface area contributed by atoms with Crippen molar-refractivity contribution in [2.24, 2.45) is 0 Å². The minimum Gasteiger partial charge on any atom is -0.383 e. The fourth-order valence-corrected chi connectivity index (χ4v) is 2.91. The predicted octanol–water partition coefficient (Wildman–Crippen LogP) is 2.36. The minimum absolute atomic E-state index is 0.120. The molecule has 0 aliphatic rings. The lowest BCUT2D eigenvalue weighted by Gasteiger charge is -2.22. The lowest BCUT2D eigenvalue weighted by Crippen LogP contribution is -2.40. The van der Waals surface area contributed by atoms with Gasteiger partial charge < -0.3 is 15.7 Å². The summed E-state index contributed by atoms with van der Waals surface area (Å²) in [7, 11) is 0. The molecule has 3 N–H and O–H groups in total. The van der Waals surface area contributed by atoms with Crippen LogP contribution in [0.3, 0.4) is 0 Å². The molecule has 1 unspecified atom stereocenters. The highest BCUT2D eigenvalue weighted by molar-refractivity contribution is 7.10. The molecule has 0 bridgehead atoms. The summed E-state index contributed by atoms with van der Waals surface area (Å²) < 4.78 is 0. The number of nitrogens with one attached hydrogen (secondary N) is 2. The number of carbonyl (C=O) groups excluding carboxylic acids is 1. The van der Waals surface area contributed by atoms with Crippen LogP contribution in [0.15, 0.2) is 54.2 Å². The Bertz CT molecular complexity index is 783. The molecule has 2 heterocycles. The number of nitrogens with zero attached hydrogens (tertiary/aromatic N) is 3. The Kier molecular flexibility index (Phi) is 4.59. The van der Waals surface area contributed by atoms with Gasteiger partial charge in [-0.15, -0.1) is 11.3 Å². The number of aromatic nitrogens is 3. The molecule has 2 aromatic heterocycles. The zero-order chi connectivity index (χ0) is 17.0. The first-order valence-electron chi connectivity index (χ1n) is 7.32. The second-order valence-corrected chi connectivity index (χ2v) is 6.37. The van der Waals surface area contributed by atoms with Crippen LogP contribution < -0.4 is 10.6 Å². The summed E-state index contributed by atoms with van der Waals surface area (Å²) in [5, 5.41) is 25.7. The van der Waals surface area contributed by atoms with Crippen LogP contribution in [0, 0.1) is 0 Å². The van der Waals surface area contributed by atoms with Crippen molar-refractivity contribution >= 4 is 23.1 Å². The van der Waals surface area contributed by atoms with Crippen LogP contribution in [-0.4, -0.2) is 32.7 Å². The van der Waals surface area contributed by atoms with E-state index in [-0.39, 0.29) is 12.6 Å². The Morgan fingerprint density at radius 1 is 1.25 bits per heavy atom. The molecule has 2 amide bonds. The molecule has 7 nitrogen and oxygen atoms in total. The monoisotopic (exact) mass is 343 g/mol. The van der Waals surface area contributed by atoms with Crippen LogP contribution in [0.1, 0.15) is 11.8 Å². The van der Waals surface area contributed by atoms with E-state index in [9.17, 15) is 9.90 Å². The summed E-state index contributed by atoms with van der Waals surface area (Å²) in [6.07, 6.45) is 3.19. The maximum Gasteiger partial charge on any atom is 0.319 e. The number of urea groups is 1. The molecule has 1 aromatic carbocycles. The molecule has 0 spiro atoms. The number of carbonyl (C=O) groups is 1. The zero-order valence-corrected chi connectivity index (χ0v) is 13.8. The maximum absolute atomic E-state index is 12.0. The predicted molar refractivity (Wildman–Crippen MR) is 92.3 cm³/mol. The largest absolute Gasteiger partial charge is 0.383 e. The van der Waals surface area contributed by atoms with Crippen molar-refractivity contribution in [3.05, 3.63) is 59.0 Å². The number of thiophene rings is 1. The van der Waals surface area contributed by atoms with E-state index < -0.39 is 5.60 Å². The smallest absolute Gasteiger partial charge is 0.319 e. The van der Waals surface area contributed by atoms with E-state index in [1.807, 2.05) is 17.5 Å². The van der Waals surface area contributed by atoms with Gasteiger partial charge in [0, 0.05) is 10.6 Å². The average Bonchev–Trinajstić information content (AvgIpc) is 3.27. The quantitative estimate of drug-likeness (QED) is 0.663. The number of rotatable bonds is 5. The molecule has 0 aliphatic carbocycles. The maximum atomic E-state index is 12.0. The second-order valence-electron chi connectivity index (χ2n) is 5.42. The third kappa shape index (κ3) is 3.79. The van der Waals surface area contributed by atoms with Crippen LogP contribution in [0.4, 0.5) is 10.5 Å². The number of hydrogen-bond acceptors (Lipinski definition) is 5. The summed E-state index contributed by atoms with van der Waals surface area (Å²) >= 11 is 1.45. The average molecular weight is 343 g/mol. The van der Waals surface area contributed by atoms with Crippen molar-refractivity contribution < 1.29 is 9.90 Å². The van der Waals surface area contributed by atoms with Crippen molar-refractivity contribution in [3.63, 3.8) is 0 Å². The third-order valence-electron chi connectivity index (χ3n) is 3.42. The Morgan fingerprint density at radius 3 is 2.58 bits per heavy atom. The topological polar surface area (TPSA) is 92.1 Å². The number of aliphatic hydroxyl groups is 1. The van der Waals surface area contributed by atoms with Crippen LogP contribution in [0.25, 0.3) is 5.69 Å². The molecule has 0 saturated heterocycles. The molecule has 3 aromatic rings. The van der Waals surface area contributed by atoms with Crippen molar-refractivity contribution in [1.82, 2.24) is 20.3 Å². The van der Waals surface area contributed by atoms with Gasteiger partial charge in [0.1, 0.15) is 5.60 Å². The van der Waals surface area contributed by atoms with Crippen LogP contribution in [0.5, 0.6) is 0 Å². The number of anilines is 1. The van der Waals surface area contributed by atoms with E-state index in [1.165, 1.54) is 16.1 Å². The Labute approximate surface area is 142 Å². The molecular formula is C16H17N5O2S. The Morgan fingerprint density at radius 2 is 1.96 bits per heavy atom. The molecule has 1 atom stereocenters. The van der Waals surface area contributed by atoms with Gasteiger partial charge in [-0.2, -0.15) is 15.0 Å². The molecule has 8 heteroatoms. The molecule has 0 fully saturated rings. The van der Waals surface area contributed by atoms with Gasteiger partial charge in [-0.3, -0.25) is 0 Å². The molecule has 3 rings (SSSR count). The highest BCUT2D eigenvalue weighted by Crippen LogP contribution is 2.24. The Balaban J connectivity index is 1.55. The van der Waals surface area contributed by atoms with Gasteiger partial charge in [-0.1, -0.05) is 6.07 Å². The minimum atomic E-state index is -1.10. The first-order valence-corrected chi connectivity index (χ1v) is 8.20. The van der Waals surface area contributed by atoms with Crippen molar-refractivity contribution in [2.45, 2.75) is 12.5 Å². The summed E-state index contributed by atoms with van der Waals surface area (Å²) in [6, 6.07) is 10.5. The van der Waals surface area contributed by atoms with Gasteiger partial charge in [-0.05, 0) is 42.6 Å². The van der Waals surface area contributed by atoms with E-state index in [4.69, 9.17) is 0 Å². The van der Waals surface area contributed by atoms with Gasteiger partial charge in [0.15, 0.2) is 0 Å². The van der Waals surface area contributed by atoms with Crippen LogP contribution in [-0.2, 0) is 5.60 Å². The number of amides is 2. The van der Waals surface area contributed by atoms with Gasteiger partial charge >= 0.3 is 6.03 Å². The highest BCUT2D eigenvalue weighted by Gasteiger charge is 2.24. The lowest BCUT2D eigenvalue weighted by molar-refractivity contribution is 0.0637. The van der Waals surface area contributed by atoms with E-state index in [2.05, 4.69) is 20.8 Å². The molecular weight excluding hydrogens is 326 g/mol. The van der Waals surface area contributed by atoms with Crippen LogP contribution in [0.2, 0.25) is 0 Å². The molecule has 0 radical (unpaired) electrons. The highest BCUT2D eigenvalue weighted by atomic mass is 32.1. The molecule has 124 valence electrons. The number of benzene rings is 1. The molecule has 24 heavy (non-hydrogen) atoms. The summed E-state index contributed by atoms with van der Waals surface area (Å²) in [5.74, 6) is 0. The SMILES string of the molecule is CC(O)(CNC(=O)Nc1ccc(-n2nccn2)cc1)c1cccs1. The van der Waals surface area contributed by atoms with Crippen LogP contribution >= 0.6 is 11.3 Å². The van der Waals surface area contributed by atoms with Crippen molar-refractivity contribution in [2.75, 3.05) is 11.9 Å². The van der Waals surface area contributed by atoms with Gasteiger partial charge in [0.2, 0.25) is 0 Å². The summed E-state index contributed by atoms with van der Waals surface area (Å²) in [5.41, 5.74) is 0.340. The molecule has 0 aliphatic heterocycles. The Hall–Kier alpha value is -2.71. The first-order chi connectivity index (χ1) is 11.5. The van der Waals surface area contributed by atoms with Gasteiger partial charge in [0.05, 0.1) is 24.6 Å².